The van der Waals surface area contributed by atoms with E-state index in [-0.39, 0.29) is 34.6 Å². The van der Waals surface area contributed by atoms with Crippen LogP contribution < -0.4 is 0 Å². The Morgan fingerprint density at radius 3 is 1.56 bits per heavy atom. The van der Waals surface area contributed by atoms with Gasteiger partial charge in [-0.1, -0.05) is 0 Å². The molecule has 16 heavy (non-hydrogen) atoms. The highest BCUT2D eigenvalue weighted by molar-refractivity contribution is 5.98. The van der Waals surface area contributed by atoms with Crippen molar-refractivity contribution in [1.29, 1.82) is 0 Å². The van der Waals surface area contributed by atoms with Crippen LogP contribution in [0.1, 0.15) is 0 Å². The fourth-order valence-electron chi connectivity index (χ4n) is 6.76. The Morgan fingerprint density at radius 1 is 0.875 bits per heavy atom. The Bertz CT molecular complexity index is 421. The average Bonchev–Trinajstić information content (AvgIpc) is 2.36. The third-order valence-corrected chi connectivity index (χ3v) is 6.67. The maximum atomic E-state index is 11.9. The summed E-state index contributed by atoms with van der Waals surface area (Å²) >= 11 is 0. The van der Waals surface area contributed by atoms with Crippen LogP contribution in [0.3, 0.4) is 0 Å². The average molecular weight is 220 g/mol. The minimum absolute atomic E-state index is 0.0716. The molecule has 84 valence electrons. The Morgan fingerprint density at radius 2 is 1.25 bits per heavy atom. The van der Waals surface area contributed by atoms with Crippen LogP contribution >= 0.6 is 0 Å². The van der Waals surface area contributed by atoms with Crippen molar-refractivity contribution in [2.75, 3.05) is 14.2 Å². The number of carbonyl (C=O) groups excluding carboxylic acids is 2. The fourth-order valence-corrected chi connectivity index (χ4v) is 6.76. The van der Waals surface area contributed by atoms with Crippen molar-refractivity contribution in [1.82, 2.24) is 0 Å². The SMILES string of the molecule is COC(=O)C12C3C4C5C3C1C5(C(=O)OC)C42. The molecule has 0 aliphatic heterocycles. The Balaban J connectivity index is 1.60. The molecule has 6 saturated carbocycles. The number of hydrogen-bond acceptors (Lipinski definition) is 4. The van der Waals surface area contributed by atoms with Gasteiger partial charge in [0, 0.05) is 0 Å². The van der Waals surface area contributed by atoms with E-state index in [0.29, 0.717) is 23.7 Å². The minimum atomic E-state index is -0.243. The number of ether oxygens (including phenoxy) is 2. The molecule has 0 N–H and O–H groups in total. The predicted molar refractivity (Wildman–Crippen MR) is 49.8 cm³/mol. The van der Waals surface area contributed by atoms with Crippen LogP contribution in [-0.2, 0) is 19.1 Å². The van der Waals surface area contributed by atoms with E-state index < -0.39 is 0 Å². The van der Waals surface area contributed by atoms with Crippen LogP contribution in [0.2, 0.25) is 0 Å². The first-order valence-electron chi connectivity index (χ1n) is 5.87. The highest BCUT2D eigenvalue weighted by Crippen LogP contribution is 3.10. The van der Waals surface area contributed by atoms with E-state index in [9.17, 15) is 9.59 Å². The molecule has 0 bridgehead atoms. The topological polar surface area (TPSA) is 52.6 Å². The van der Waals surface area contributed by atoms with Crippen LogP contribution in [0.15, 0.2) is 0 Å². The number of esters is 2. The van der Waals surface area contributed by atoms with Crippen LogP contribution in [0, 0.1) is 46.3 Å². The Hall–Kier alpha value is -1.06. The highest BCUT2D eigenvalue weighted by atomic mass is 16.5. The lowest BCUT2D eigenvalue weighted by atomic mass is 8.92. The quantitative estimate of drug-likeness (QED) is 0.618. The molecular weight excluding hydrogens is 208 g/mol. The van der Waals surface area contributed by atoms with Gasteiger partial charge < -0.3 is 9.47 Å². The molecule has 0 atom stereocenters. The van der Waals surface area contributed by atoms with Gasteiger partial charge in [0.2, 0.25) is 0 Å². The van der Waals surface area contributed by atoms with Crippen LogP contribution in [0.5, 0.6) is 0 Å². The molecule has 0 aromatic heterocycles. The van der Waals surface area contributed by atoms with Crippen molar-refractivity contribution >= 4 is 11.9 Å². The third-order valence-electron chi connectivity index (χ3n) is 6.67. The van der Waals surface area contributed by atoms with Crippen molar-refractivity contribution in [2.24, 2.45) is 46.3 Å². The fraction of sp³-hybridized carbons (Fsp3) is 0.833. The number of methoxy groups -OCH3 is 2. The minimum Gasteiger partial charge on any atom is -0.469 e. The molecule has 4 nitrogen and oxygen atoms in total. The highest BCUT2D eigenvalue weighted by Gasteiger charge is 3.14. The van der Waals surface area contributed by atoms with Crippen molar-refractivity contribution < 1.29 is 19.1 Å². The van der Waals surface area contributed by atoms with E-state index in [1.165, 1.54) is 14.2 Å². The molecule has 0 aromatic rings. The van der Waals surface area contributed by atoms with Gasteiger partial charge in [-0.2, -0.15) is 0 Å². The summed E-state index contributed by atoms with van der Waals surface area (Å²) in [4.78, 5) is 23.7. The van der Waals surface area contributed by atoms with E-state index in [2.05, 4.69) is 0 Å². The number of hydrogen-bond donors (Lipinski definition) is 0. The summed E-state index contributed by atoms with van der Waals surface area (Å²) in [6, 6.07) is 0. The van der Waals surface area contributed by atoms with Crippen LogP contribution in [0.25, 0.3) is 0 Å². The lowest BCUT2D eigenvalue weighted by Crippen LogP contribution is -3.12. The zero-order chi connectivity index (χ0) is 11.0. The summed E-state index contributed by atoms with van der Waals surface area (Å²) in [7, 11) is 2.91. The summed E-state index contributed by atoms with van der Waals surface area (Å²) in [6.45, 7) is 0. The van der Waals surface area contributed by atoms with E-state index in [1.807, 2.05) is 0 Å². The van der Waals surface area contributed by atoms with Gasteiger partial charge in [-0.25, -0.2) is 0 Å². The molecule has 6 fully saturated rings. The Labute approximate surface area is 92.3 Å². The zero-order valence-electron chi connectivity index (χ0n) is 9.10. The second kappa shape index (κ2) is 1.71. The summed E-state index contributed by atoms with van der Waals surface area (Å²) in [5.41, 5.74) is -0.486. The standard InChI is InChI=1S/C12H12O4/c1-15-9(13)11-5-3-6-4(5)8(11)12(6,7(3)11)10(14)16-2/h3-8H,1-2H3. The van der Waals surface area contributed by atoms with Gasteiger partial charge in [0.1, 0.15) is 0 Å². The molecule has 6 aliphatic rings. The van der Waals surface area contributed by atoms with Crippen molar-refractivity contribution in [2.45, 2.75) is 0 Å². The van der Waals surface area contributed by atoms with Gasteiger partial charge in [0.05, 0.1) is 25.0 Å². The van der Waals surface area contributed by atoms with Crippen molar-refractivity contribution in [3.63, 3.8) is 0 Å². The maximum Gasteiger partial charge on any atom is 0.312 e. The molecule has 0 amide bonds. The van der Waals surface area contributed by atoms with E-state index >= 15 is 0 Å². The predicted octanol–water partition coefficient (Wildman–Crippen LogP) is 0.0704. The van der Waals surface area contributed by atoms with Gasteiger partial charge in [-0.15, -0.1) is 0 Å². The van der Waals surface area contributed by atoms with Gasteiger partial charge >= 0.3 is 11.9 Å². The zero-order valence-corrected chi connectivity index (χ0v) is 9.10. The van der Waals surface area contributed by atoms with E-state index in [1.54, 1.807) is 0 Å². The van der Waals surface area contributed by atoms with Gasteiger partial charge in [0.15, 0.2) is 0 Å². The molecule has 6 aliphatic carbocycles. The van der Waals surface area contributed by atoms with Crippen LogP contribution in [0.4, 0.5) is 0 Å². The first-order valence-corrected chi connectivity index (χ1v) is 5.87. The number of carbonyl (C=O) groups is 2. The lowest BCUT2D eigenvalue weighted by Gasteiger charge is -3.08. The van der Waals surface area contributed by atoms with Crippen molar-refractivity contribution in [3.8, 4) is 0 Å². The number of rotatable bonds is 2. The van der Waals surface area contributed by atoms with Crippen molar-refractivity contribution in [3.05, 3.63) is 0 Å². The summed E-state index contributed by atoms with van der Waals surface area (Å²) in [5, 5.41) is 0. The third kappa shape index (κ3) is 0.328. The molecule has 0 aromatic carbocycles. The molecule has 6 rings (SSSR count). The van der Waals surface area contributed by atoms with E-state index in [0.717, 1.165) is 0 Å². The molecule has 4 heteroatoms. The second-order valence-corrected chi connectivity index (χ2v) is 6.01. The Kier molecular flexibility index (Phi) is 0.865. The summed E-state index contributed by atoms with van der Waals surface area (Å²) in [5.74, 6) is 2.81. The van der Waals surface area contributed by atoms with Gasteiger partial charge in [-0.05, 0) is 35.5 Å². The molecule has 0 saturated heterocycles. The second-order valence-electron chi connectivity index (χ2n) is 6.01. The largest absolute Gasteiger partial charge is 0.469 e. The molecule has 0 heterocycles. The molecule has 0 unspecified atom stereocenters. The molecule has 0 spiro atoms. The maximum absolute atomic E-state index is 11.9. The monoisotopic (exact) mass is 220 g/mol. The first kappa shape index (κ1) is 8.09. The van der Waals surface area contributed by atoms with Gasteiger partial charge in [-0.3, -0.25) is 9.59 Å². The molecule has 0 radical (unpaired) electrons. The summed E-state index contributed by atoms with van der Waals surface area (Å²) in [6.07, 6.45) is 0. The summed E-state index contributed by atoms with van der Waals surface area (Å²) < 4.78 is 9.85. The van der Waals surface area contributed by atoms with Gasteiger partial charge in [0.25, 0.3) is 0 Å². The van der Waals surface area contributed by atoms with E-state index in [4.69, 9.17) is 9.47 Å². The lowest BCUT2D eigenvalue weighted by molar-refractivity contribution is -0.629. The molecular formula is C12H12O4. The first-order chi connectivity index (χ1) is 7.69. The van der Waals surface area contributed by atoms with Crippen LogP contribution in [-0.4, -0.2) is 26.2 Å². The normalized spacial score (nSPS) is 68.4. The smallest absolute Gasteiger partial charge is 0.312 e.